The average Bonchev–Trinajstić information content (AvgIpc) is 3.04. The van der Waals surface area contributed by atoms with Crippen molar-refractivity contribution in [2.75, 3.05) is 53.9 Å². The molecule has 2 heterocycles. The number of aromatic hydroxyl groups is 2. The number of hydrogen-bond acceptors (Lipinski definition) is 9. The van der Waals surface area contributed by atoms with Crippen molar-refractivity contribution in [3.05, 3.63) is 59.7 Å². The molecule has 2 atom stereocenters. The van der Waals surface area contributed by atoms with Gasteiger partial charge in [0.05, 0.1) is 37.6 Å². The van der Waals surface area contributed by atoms with Gasteiger partial charge in [0.2, 0.25) is 0 Å². The van der Waals surface area contributed by atoms with Crippen LogP contribution in [0.3, 0.4) is 0 Å². The van der Waals surface area contributed by atoms with E-state index in [1.807, 2.05) is 38.1 Å². The van der Waals surface area contributed by atoms with E-state index in [4.69, 9.17) is 33.2 Å². The first-order valence-corrected chi connectivity index (χ1v) is 16.9. The third kappa shape index (κ3) is 9.91. The molecule has 264 valence electrons. The van der Waals surface area contributed by atoms with E-state index in [9.17, 15) is 10.2 Å². The Morgan fingerprint density at radius 3 is 1.28 bits per heavy atom. The molecule has 0 spiro atoms. The summed E-state index contributed by atoms with van der Waals surface area (Å²) in [6.45, 7) is 15.8. The Kier molecular flexibility index (Phi) is 12.1. The Morgan fingerprint density at radius 2 is 0.957 bits per heavy atom. The zero-order valence-electron chi connectivity index (χ0n) is 29.9. The Balaban J connectivity index is 1.44. The maximum atomic E-state index is 10.4. The highest BCUT2D eigenvalue weighted by atomic mass is 16.7. The fourth-order valence-electron chi connectivity index (χ4n) is 6.33. The van der Waals surface area contributed by atoms with E-state index in [-0.39, 0.29) is 22.3 Å². The Labute approximate surface area is 281 Å². The van der Waals surface area contributed by atoms with Gasteiger partial charge in [0.1, 0.15) is 11.5 Å². The molecule has 0 radical (unpaired) electrons. The van der Waals surface area contributed by atoms with Crippen LogP contribution < -0.4 is 0 Å². The summed E-state index contributed by atoms with van der Waals surface area (Å²) < 4.78 is 43.6. The molecular weight excluding hydrogens is 600 g/mol. The van der Waals surface area contributed by atoms with Gasteiger partial charge in [0.25, 0.3) is 0 Å². The summed E-state index contributed by atoms with van der Waals surface area (Å²) in [6, 6.07) is 14.5. The Hall–Kier alpha value is -2.24. The quantitative estimate of drug-likeness (QED) is 0.178. The van der Waals surface area contributed by atoms with Crippen molar-refractivity contribution in [3.8, 4) is 11.5 Å². The highest BCUT2D eigenvalue weighted by molar-refractivity contribution is 5.32. The lowest BCUT2D eigenvalue weighted by Gasteiger charge is -2.43. The Morgan fingerprint density at radius 1 is 0.596 bits per heavy atom. The number of hydrogen-bond donors (Lipinski definition) is 2. The third-order valence-corrected chi connectivity index (χ3v) is 9.87. The van der Waals surface area contributed by atoms with Gasteiger partial charge < -0.3 is 43.4 Å². The van der Waals surface area contributed by atoms with Crippen LogP contribution >= 0.6 is 0 Å². The normalized spacial score (nSPS) is 22.6. The molecule has 0 aromatic heterocycles. The zero-order valence-corrected chi connectivity index (χ0v) is 29.9. The molecular formula is C38H58O9. The third-order valence-electron chi connectivity index (χ3n) is 9.87. The number of rotatable bonds is 16. The van der Waals surface area contributed by atoms with E-state index in [1.165, 1.54) is 0 Å². The van der Waals surface area contributed by atoms with Gasteiger partial charge in [0.15, 0.2) is 11.6 Å². The van der Waals surface area contributed by atoms with Crippen LogP contribution in [-0.2, 0) is 44.4 Å². The van der Waals surface area contributed by atoms with E-state index >= 15 is 0 Å². The largest absolute Gasteiger partial charge is 0.508 e. The average molecular weight is 659 g/mol. The van der Waals surface area contributed by atoms with Crippen LogP contribution in [0, 0.1) is 10.8 Å². The summed E-state index contributed by atoms with van der Waals surface area (Å²) in [7, 11) is 3.40. The molecule has 47 heavy (non-hydrogen) atoms. The van der Waals surface area contributed by atoms with Crippen molar-refractivity contribution >= 4 is 0 Å². The fourth-order valence-corrected chi connectivity index (χ4v) is 6.33. The van der Waals surface area contributed by atoms with Crippen LogP contribution in [0.1, 0.15) is 91.2 Å². The van der Waals surface area contributed by atoms with Crippen molar-refractivity contribution in [3.63, 3.8) is 0 Å². The van der Waals surface area contributed by atoms with E-state index in [2.05, 4.69) is 27.7 Å². The van der Waals surface area contributed by atoms with Crippen molar-refractivity contribution in [2.24, 2.45) is 10.8 Å². The molecule has 0 bridgehead atoms. The van der Waals surface area contributed by atoms with Crippen LogP contribution in [0.4, 0.5) is 0 Å². The van der Waals surface area contributed by atoms with Gasteiger partial charge in [-0.1, -0.05) is 52.0 Å². The SMILES string of the molecule is COC(CCOCCC(CCC1(C)OCC(C)(C)CO1)(OC)c1cccc(O)c1)(CCC1(C)OCC(C)(C)CO1)c1cccc(O)c1. The predicted octanol–water partition coefficient (Wildman–Crippen LogP) is 7.42. The molecule has 0 aliphatic carbocycles. The first-order valence-electron chi connectivity index (χ1n) is 16.9. The molecule has 0 amide bonds. The van der Waals surface area contributed by atoms with Gasteiger partial charge >= 0.3 is 0 Å². The summed E-state index contributed by atoms with van der Waals surface area (Å²) >= 11 is 0. The molecule has 9 heteroatoms. The fraction of sp³-hybridized carbons (Fsp3) is 0.684. The first kappa shape index (κ1) is 37.6. The molecule has 9 nitrogen and oxygen atoms in total. The van der Waals surface area contributed by atoms with E-state index in [0.29, 0.717) is 78.2 Å². The van der Waals surface area contributed by atoms with Crippen LogP contribution in [-0.4, -0.2) is 75.6 Å². The minimum Gasteiger partial charge on any atom is -0.508 e. The van der Waals surface area contributed by atoms with Crippen molar-refractivity contribution < 1.29 is 43.4 Å². The maximum absolute atomic E-state index is 10.4. The topological polar surface area (TPSA) is 105 Å². The van der Waals surface area contributed by atoms with Gasteiger partial charge in [-0.25, -0.2) is 0 Å². The number of ether oxygens (including phenoxy) is 7. The monoisotopic (exact) mass is 658 g/mol. The second kappa shape index (κ2) is 15.1. The molecule has 2 saturated heterocycles. The predicted molar refractivity (Wildman–Crippen MR) is 180 cm³/mol. The summed E-state index contributed by atoms with van der Waals surface area (Å²) in [5, 5.41) is 20.7. The minimum atomic E-state index is -0.733. The molecule has 4 rings (SSSR count). The first-order chi connectivity index (χ1) is 22.1. The van der Waals surface area contributed by atoms with E-state index in [0.717, 1.165) is 11.1 Å². The van der Waals surface area contributed by atoms with Crippen LogP contribution in [0.2, 0.25) is 0 Å². The molecule has 2 N–H and O–H groups in total. The lowest BCUT2D eigenvalue weighted by Crippen LogP contribution is -2.46. The van der Waals surface area contributed by atoms with Gasteiger partial charge in [-0.2, -0.15) is 0 Å². The second-order valence-electron chi connectivity index (χ2n) is 15.4. The van der Waals surface area contributed by atoms with Crippen molar-refractivity contribution in [1.82, 2.24) is 0 Å². The van der Waals surface area contributed by atoms with Crippen molar-refractivity contribution in [2.45, 2.75) is 103 Å². The van der Waals surface area contributed by atoms with Gasteiger partial charge in [-0.15, -0.1) is 0 Å². The molecule has 2 aliphatic rings. The zero-order chi connectivity index (χ0) is 34.4. The standard InChI is InChI=1S/C38H58O9/c1-33(2)25-44-35(5,45-26-33)15-17-37(41-7,29-11-9-13-31(39)23-29)19-21-43-22-20-38(42-8,30-12-10-14-32(40)24-30)18-16-36(6)46-27-34(3,4)28-47-36/h9-14,23-24,39-40H,15-22,25-28H2,1-8H3. The highest BCUT2D eigenvalue weighted by Crippen LogP contribution is 2.42. The smallest absolute Gasteiger partial charge is 0.165 e. The lowest BCUT2D eigenvalue weighted by atomic mass is 9.83. The van der Waals surface area contributed by atoms with Crippen LogP contribution in [0.15, 0.2) is 48.5 Å². The number of benzene rings is 2. The van der Waals surface area contributed by atoms with E-state index < -0.39 is 22.8 Å². The summed E-state index contributed by atoms with van der Waals surface area (Å²) in [5.74, 6) is -1.09. The second-order valence-corrected chi connectivity index (χ2v) is 15.4. The Bertz CT molecular complexity index is 1180. The van der Waals surface area contributed by atoms with E-state index in [1.54, 1.807) is 38.5 Å². The number of phenols is 2. The number of methoxy groups -OCH3 is 2. The molecule has 2 aromatic carbocycles. The molecule has 2 unspecified atom stereocenters. The molecule has 2 aliphatic heterocycles. The van der Waals surface area contributed by atoms with Crippen LogP contribution in [0.25, 0.3) is 0 Å². The summed E-state index contributed by atoms with van der Waals surface area (Å²) in [6.07, 6.45) is 3.53. The lowest BCUT2D eigenvalue weighted by molar-refractivity contribution is -0.295. The highest BCUT2D eigenvalue weighted by Gasteiger charge is 2.42. The summed E-state index contributed by atoms with van der Waals surface area (Å²) in [4.78, 5) is 0. The number of phenolic OH excluding ortho intramolecular Hbond substituents is 2. The summed E-state index contributed by atoms with van der Waals surface area (Å²) in [5.41, 5.74) is 0.221. The van der Waals surface area contributed by atoms with Gasteiger partial charge in [-0.3, -0.25) is 0 Å². The van der Waals surface area contributed by atoms with Gasteiger partial charge in [0, 0.05) is 63.9 Å². The van der Waals surface area contributed by atoms with Crippen LogP contribution in [0.5, 0.6) is 11.5 Å². The molecule has 2 aromatic rings. The maximum Gasteiger partial charge on any atom is 0.165 e. The molecule has 2 fully saturated rings. The van der Waals surface area contributed by atoms with Gasteiger partial charge in [-0.05, 0) is 62.1 Å². The molecule has 0 saturated carbocycles. The minimum absolute atomic E-state index is 0.0298. The van der Waals surface area contributed by atoms with Crippen molar-refractivity contribution in [1.29, 1.82) is 0 Å².